The number of aryl methyl sites for hydroxylation is 3. The first-order valence-corrected chi connectivity index (χ1v) is 13.6. The van der Waals surface area contributed by atoms with E-state index in [1.54, 1.807) is 48.1 Å². The van der Waals surface area contributed by atoms with E-state index in [0.29, 0.717) is 12.2 Å². The molecule has 3 heterocycles. The molecule has 0 saturated carbocycles. The molecule has 0 aliphatic carbocycles. The smallest absolute Gasteiger partial charge is 0.413 e. The molecule has 0 fully saturated rings. The maximum atomic E-state index is 12.8. The number of ether oxygens (including phenoxy) is 1. The van der Waals surface area contributed by atoms with Crippen molar-refractivity contribution in [2.75, 3.05) is 29.0 Å². The van der Waals surface area contributed by atoms with Gasteiger partial charge in [0.05, 0.1) is 5.69 Å². The van der Waals surface area contributed by atoms with Gasteiger partial charge in [0.15, 0.2) is 11.6 Å². The van der Waals surface area contributed by atoms with Crippen LogP contribution in [0.3, 0.4) is 0 Å². The molecule has 0 aliphatic rings. The molecule has 0 unspecified atom stereocenters. The van der Waals surface area contributed by atoms with Gasteiger partial charge in [0.2, 0.25) is 17.6 Å². The second-order valence-electron chi connectivity index (χ2n) is 10.7. The lowest BCUT2D eigenvalue weighted by molar-refractivity contribution is -0.116. The van der Waals surface area contributed by atoms with Gasteiger partial charge < -0.3 is 39.7 Å². The number of nitrogens with one attached hydrogen (secondary N) is 5. The molecule has 0 bridgehead atoms. The molecule has 0 aliphatic heterocycles. The number of hydrogen-bond acceptors (Lipinski definition) is 8. The highest BCUT2D eigenvalue weighted by Crippen LogP contribution is 2.16. The molecule has 0 aromatic carbocycles. The van der Waals surface area contributed by atoms with Crippen molar-refractivity contribution in [3.63, 3.8) is 0 Å². The van der Waals surface area contributed by atoms with Crippen LogP contribution in [0, 0.1) is 0 Å². The zero-order valence-electron chi connectivity index (χ0n) is 25.3. The van der Waals surface area contributed by atoms with Crippen LogP contribution in [0.2, 0.25) is 0 Å². The van der Waals surface area contributed by atoms with Gasteiger partial charge in [-0.1, -0.05) is 6.92 Å². The van der Waals surface area contributed by atoms with Gasteiger partial charge in [0.1, 0.15) is 11.3 Å². The maximum absolute atomic E-state index is 12.8. The number of rotatable bonds is 11. The number of aromatic nitrogens is 5. The molecule has 16 nitrogen and oxygen atoms in total. The average Bonchev–Trinajstić information content (AvgIpc) is 3.56. The summed E-state index contributed by atoms with van der Waals surface area (Å²) in [6, 6.07) is 1.48. The lowest BCUT2D eigenvalue weighted by atomic mass is 10.2. The van der Waals surface area contributed by atoms with Crippen molar-refractivity contribution in [3.8, 4) is 0 Å². The Balaban J connectivity index is 1.51. The molecule has 0 saturated heterocycles. The Morgan fingerprint density at radius 2 is 1.35 bits per heavy atom. The van der Waals surface area contributed by atoms with Crippen molar-refractivity contribution < 1.29 is 28.7 Å². The maximum Gasteiger partial charge on any atom is 0.413 e. The summed E-state index contributed by atoms with van der Waals surface area (Å²) in [5.41, 5.74) is -0.106. The second kappa shape index (κ2) is 13.7. The highest BCUT2D eigenvalue weighted by molar-refractivity contribution is 6.03. The number of anilines is 3. The zero-order valence-corrected chi connectivity index (χ0v) is 25.3. The molecule has 3 aromatic heterocycles. The average molecular weight is 599 g/mol. The van der Waals surface area contributed by atoms with Crippen LogP contribution in [-0.2, 0) is 30.7 Å². The Labute approximate surface area is 248 Å². The standard InChI is InChI=1S/C27H38N10O6/c1-8-10-28-24(40)21-32-18(14-36(21)6)31-20(38)9-11-29-23(39)17-12-16(13-35(17)5)30-25(41)22-33-19(15-37(22)7)34-26(42)43-27(2,3)4/h12-15H,8-11H2,1-7H3,(H,28,40)(H,29,39)(H,30,41)(H,31,38)(H,34,42). The summed E-state index contributed by atoms with van der Waals surface area (Å²) < 4.78 is 9.68. The van der Waals surface area contributed by atoms with Crippen molar-refractivity contribution >= 4 is 47.0 Å². The Hall–Kier alpha value is -5.15. The molecular weight excluding hydrogens is 560 g/mol. The second-order valence-corrected chi connectivity index (χ2v) is 10.7. The summed E-state index contributed by atoms with van der Waals surface area (Å²) in [6.07, 6.45) is 4.60. The van der Waals surface area contributed by atoms with Gasteiger partial charge >= 0.3 is 6.09 Å². The summed E-state index contributed by atoms with van der Waals surface area (Å²) in [7, 11) is 4.88. The number of carbonyl (C=O) groups excluding carboxylic acids is 5. The minimum absolute atomic E-state index is 0.0218. The van der Waals surface area contributed by atoms with Gasteiger partial charge in [0.25, 0.3) is 17.7 Å². The quantitative estimate of drug-likeness (QED) is 0.221. The minimum Gasteiger partial charge on any atom is -0.444 e. The van der Waals surface area contributed by atoms with E-state index >= 15 is 0 Å². The molecule has 0 atom stereocenters. The van der Waals surface area contributed by atoms with Crippen LogP contribution in [0.15, 0.2) is 24.7 Å². The largest absolute Gasteiger partial charge is 0.444 e. The third kappa shape index (κ3) is 9.17. The SMILES string of the molecule is CCCNC(=O)c1nc(NC(=O)CCNC(=O)c2cc(NC(=O)c3nc(NC(=O)OC(C)(C)C)cn3C)cn2C)cn1C. The number of nitrogens with zero attached hydrogens (tertiary/aromatic N) is 5. The normalized spacial score (nSPS) is 11.0. The van der Waals surface area contributed by atoms with E-state index < -0.39 is 29.4 Å². The van der Waals surface area contributed by atoms with Gasteiger partial charge in [-0.3, -0.25) is 24.5 Å². The number of hydrogen-bond donors (Lipinski definition) is 5. The highest BCUT2D eigenvalue weighted by Gasteiger charge is 2.21. The first-order valence-electron chi connectivity index (χ1n) is 13.6. The number of amides is 5. The van der Waals surface area contributed by atoms with E-state index in [4.69, 9.17) is 4.74 Å². The summed E-state index contributed by atoms with van der Waals surface area (Å²) >= 11 is 0. The van der Waals surface area contributed by atoms with Crippen LogP contribution in [0.1, 0.15) is 72.3 Å². The Morgan fingerprint density at radius 1 is 0.767 bits per heavy atom. The molecular formula is C27H38N10O6. The van der Waals surface area contributed by atoms with Crippen molar-refractivity contribution in [1.29, 1.82) is 0 Å². The van der Waals surface area contributed by atoms with Crippen molar-refractivity contribution in [1.82, 2.24) is 34.3 Å². The van der Waals surface area contributed by atoms with Crippen LogP contribution < -0.4 is 26.6 Å². The summed E-state index contributed by atoms with van der Waals surface area (Å²) in [6.45, 7) is 7.67. The molecule has 5 N–H and O–H groups in total. The molecule has 5 amide bonds. The molecule has 3 rings (SSSR count). The van der Waals surface area contributed by atoms with Crippen LogP contribution >= 0.6 is 0 Å². The molecule has 3 aromatic rings. The van der Waals surface area contributed by atoms with E-state index in [-0.39, 0.29) is 47.9 Å². The molecule has 232 valence electrons. The predicted molar refractivity (Wildman–Crippen MR) is 158 cm³/mol. The Kier molecular flexibility index (Phi) is 10.3. The molecule has 43 heavy (non-hydrogen) atoms. The van der Waals surface area contributed by atoms with E-state index in [1.807, 2.05) is 6.92 Å². The summed E-state index contributed by atoms with van der Waals surface area (Å²) in [4.78, 5) is 70.4. The van der Waals surface area contributed by atoms with Crippen LogP contribution in [0.5, 0.6) is 0 Å². The molecule has 16 heteroatoms. The van der Waals surface area contributed by atoms with Gasteiger partial charge in [-0.2, -0.15) is 0 Å². The van der Waals surface area contributed by atoms with Crippen molar-refractivity contribution in [2.24, 2.45) is 21.1 Å². The number of carbonyl (C=O) groups is 5. The third-order valence-corrected chi connectivity index (χ3v) is 5.72. The number of imidazole rings is 2. The van der Waals surface area contributed by atoms with E-state index in [9.17, 15) is 24.0 Å². The Bertz CT molecular complexity index is 1510. The topological polar surface area (TPSA) is 195 Å². The summed E-state index contributed by atoms with van der Waals surface area (Å²) in [5, 5.41) is 13.2. The lowest BCUT2D eigenvalue weighted by Crippen LogP contribution is -2.29. The monoisotopic (exact) mass is 598 g/mol. The van der Waals surface area contributed by atoms with E-state index in [1.165, 1.54) is 32.2 Å². The predicted octanol–water partition coefficient (Wildman–Crippen LogP) is 1.99. The van der Waals surface area contributed by atoms with Crippen LogP contribution in [0.4, 0.5) is 22.1 Å². The van der Waals surface area contributed by atoms with Gasteiger partial charge in [-0.25, -0.2) is 14.8 Å². The minimum atomic E-state index is -0.702. The van der Waals surface area contributed by atoms with Crippen molar-refractivity contribution in [3.05, 3.63) is 42.0 Å². The first kappa shape index (κ1) is 32.4. The first-order chi connectivity index (χ1) is 20.2. The highest BCUT2D eigenvalue weighted by atomic mass is 16.6. The van der Waals surface area contributed by atoms with E-state index in [2.05, 4.69) is 36.6 Å². The Morgan fingerprint density at radius 3 is 1.95 bits per heavy atom. The van der Waals surface area contributed by atoms with Gasteiger partial charge in [0, 0.05) is 59.2 Å². The van der Waals surface area contributed by atoms with Crippen LogP contribution in [0.25, 0.3) is 0 Å². The lowest BCUT2D eigenvalue weighted by Gasteiger charge is -2.18. The van der Waals surface area contributed by atoms with Crippen molar-refractivity contribution in [2.45, 2.75) is 46.1 Å². The summed E-state index contributed by atoms with van der Waals surface area (Å²) in [5.74, 6) is -1.19. The third-order valence-electron chi connectivity index (χ3n) is 5.72. The van der Waals surface area contributed by atoms with E-state index in [0.717, 1.165) is 6.42 Å². The zero-order chi connectivity index (χ0) is 31.9. The fourth-order valence-electron chi connectivity index (χ4n) is 3.83. The molecule has 0 radical (unpaired) electrons. The fraction of sp³-hybridized carbons (Fsp3) is 0.444. The fourth-order valence-corrected chi connectivity index (χ4v) is 3.83. The van der Waals surface area contributed by atoms with Gasteiger partial charge in [-0.15, -0.1) is 0 Å². The van der Waals surface area contributed by atoms with Crippen LogP contribution in [-0.4, -0.2) is 72.1 Å². The molecule has 0 spiro atoms. The van der Waals surface area contributed by atoms with Gasteiger partial charge in [-0.05, 0) is 33.3 Å².